The van der Waals surface area contributed by atoms with Crippen LogP contribution in [0.25, 0.3) is 66.1 Å². The van der Waals surface area contributed by atoms with Gasteiger partial charge >= 0.3 is 0 Å². The maximum Gasteiger partial charge on any atom is 0.277 e. The molecule has 1 aliphatic rings. The molecule has 0 bridgehead atoms. The number of fused-ring (bicyclic) bond motifs is 4. The van der Waals surface area contributed by atoms with Crippen molar-refractivity contribution in [2.45, 2.75) is 0 Å². The summed E-state index contributed by atoms with van der Waals surface area (Å²) >= 11 is 0. The lowest BCUT2D eigenvalue weighted by molar-refractivity contribution is -0.383. The summed E-state index contributed by atoms with van der Waals surface area (Å²) in [5.41, 5.74) is 6.70. The van der Waals surface area contributed by atoms with Crippen molar-refractivity contribution in [2.24, 2.45) is 0 Å². The number of hydrogen-bond donors (Lipinski definition) is 0. The molecule has 37 heavy (non-hydrogen) atoms. The molecule has 176 valence electrons. The Hall–Kier alpha value is -4.90. The maximum absolute atomic E-state index is 14.8. The molecule has 6 aromatic carbocycles. The Labute approximate surface area is 210 Å². The van der Waals surface area contributed by atoms with E-state index in [-0.39, 0.29) is 10.6 Å². The lowest BCUT2D eigenvalue weighted by atomic mass is 9.82. The van der Waals surface area contributed by atoms with Gasteiger partial charge in [-0.3, -0.25) is 10.1 Å². The molecule has 0 N–H and O–H groups in total. The number of nitrogens with zero attached hydrogens (tertiary/aromatic N) is 1. The Balaban J connectivity index is 1.78. The molecule has 0 aliphatic heterocycles. The van der Waals surface area contributed by atoms with E-state index in [9.17, 15) is 18.9 Å². The lowest BCUT2D eigenvalue weighted by Crippen LogP contribution is -1.96. The van der Waals surface area contributed by atoms with Crippen LogP contribution in [0.2, 0.25) is 0 Å². The number of halogens is 2. The predicted octanol–water partition coefficient (Wildman–Crippen LogP) is 9.16. The van der Waals surface area contributed by atoms with Crippen LogP contribution < -0.4 is 0 Å². The summed E-state index contributed by atoms with van der Waals surface area (Å²) in [6.07, 6.45) is 0. The molecule has 0 amide bonds. The van der Waals surface area contributed by atoms with E-state index < -0.39 is 11.6 Å². The van der Waals surface area contributed by atoms with E-state index in [0.29, 0.717) is 16.2 Å². The highest BCUT2D eigenvalue weighted by Crippen LogP contribution is 2.58. The normalized spacial score (nSPS) is 11.7. The molecule has 1 aliphatic carbocycles. The van der Waals surface area contributed by atoms with E-state index in [1.165, 1.54) is 18.2 Å². The standard InChI is InChI=1S/C32H17F2NO2/c33-25-16-23-24(17-26(25)34)29(19-10-5-2-6-11-19)32-22-14-15-27(35(36)37)20-12-7-13-21(30(20)22)31(32)28(23)18-8-3-1-4-9-18/h1-17H. The summed E-state index contributed by atoms with van der Waals surface area (Å²) in [7, 11) is 0. The Kier molecular flexibility index (Phi) is 4.51. The molecule has 0 saturated heterocycles. The largest absolute Gasteiger partial charge is 0.277 e. The molecule has 5 heteroatoms. The third-order valence-electron chi connectivity index (χ3n) is 7.23. The van der Waals surface area contributed by atoms with Crippen LogP contribution >= 0.6 is 0 Å². The molecule has 0 heterocycles. The molecule has 0 unspecified atom stereocenters. The van der Waals surface area contributed by atoms with Crippen molar-refractivity contribution in [3.8, 4) is 44.5 Å². The monoisotopic (exact) mass is 485 g/mol. The smallest absolute Gasteiger partial charge is 0.258 e. The molecule has 7 rings (SSSR count). The number of hydrogen-bond acceptors (Lipinski definition) is 2. The van der Waals surface area contributed by atoms with Crippen LogP contribution in [0, 0.1) is 21.7 Å². The molecular weight excluding hydrogens is 468 g/mol. The SMILES string of the molecule is O=[N+]([O-])c1ccc2c3c(cccc13)-c1c-2c(-c2ccccc2)c2cc(F)c(F)cc2c1-c1ccccc1. The first kappa shape index (κ1) is 21.4. The highest BCUT2D eigenvalue weighted by atomic mass is 19.2. The second-order valence-corrected chi connectivity index (χ2v) is 9.16. The zero-order chi connectivity index (χ0) is 25.3. The minimum Gasteiger partial charge on any atom is -0.258 e. The predicted molar refractivity (Wildman–Crippen MR) is 143 cm³/mol. The third kappa shape index (κ3) is 2.97. The van der Waals surface area contributed by atoms with E-state index in [1.807, 2.05) is 72.8 Å². The Morgan fingerprint density at radius 3 is 1.57 bits per heavy atom. The van der Waals surface area contributed by atoms with Gasteiger partial charge in [-0.2, -0.15) is 0 Å². The van der Waals surface area contributed by atoms with Gasteiger partial charge in [0.2, 0.25) is 0 Å². The van der Waals surface area contributed by atoms with Crippen LogP contribution in [0.5, 0.6) is 0 Å². The van der Waals surface area contributed by atoms with Crippen LogP contribution in [-0.4, -0.2) is 4.92 Å². The van der Waals surface area contributed by atoms with Gasteiger partial charge in [-0.25, -0.2) is 8.78 Å². The van der Waals surface area contributed by atoms with Gasteiger partial charge in [-0.05, 0) is 79.5 Å². The van der Waals surface area contributed by atoms with E-state index >= 15 is 0 Å². The first-order valence-corrected chi connectivity index (χ1v) is 11.8. The average molecular weight is 485 g/mol. The minimum absolute atomic E-state index is 0.0255. The first-order chi connectivity index (χ1) is 18.0. The van der Waals surface area contributed by atoms with Gasteiger partial charge in [0.25, 0.3) is 5.69 Å². The van der Waals surface area contributed by atoms with Gasteiger partial charge < -0.3 is 0 Å². The zero-order valence-corrected chi connectivity index (χ0v) is 19.3. The topological polar surface area (TPSA) is 43.1 Å². The van der Waals surface area contributed by atoms with Gasteiger partial charge in [0.1, 0.15) is 0 Å². The fourth-order valence-corrected chi connectivity index (χ4v) is 5.80. The maximum atomic E-state index is 14.8. The number of rotatable bonds is 3. The van der Waals surface area contributed by atoms with Crippen molar-refractivity contribution < 1.29 is 13.7 Å². The van der Waals surface area contributed by atoms with Crippen molar-refractivity contribution in [3.63, 3.8) is 0 Å². The molecule has 0 atom stereocenters. The number of benzene rings is 6. The van der Waals surface area contributed by atoms with E-state index in [1.54, 1.807) is 12.1 Å². The highest BCUT2D eigenvalue weighted by Gasteiger charge is 2.32. The quantitative estimate of drug-likeness (QED) is 0.185. The van der Waals surface area contributed by atoms with Gasteiger partial charge in [-0.15, -0.1) is 0 Å². The minimum atomic E-state index is -0.923. The molecule has 0 saturated carbocycles. The average Bonchev–Trinajstić information content (AvgIpc) is 3.24. The van der Waals surface area contributed by atoms with Crippen molar-refractivity contribution in [1.82, 2.24) is 0 Å². The summed E-state index contributed by atoms with van der Waals surface area (Å²) in [4.78, 5) is 11.5. The van der Waals surface area contributed by atoms with Crippen LogP contribution in [0.1, 0.15) is 0 Å². The van der Waals surface area contributed by atoms with Gasteiger partial charge in [0.15, 0.2) is 11.6 Å². The molecule has 3 nitrogen and oxygen atoms in total. The summed E-state index contributed by atoms with van der Waals surface area (Å²) in [6.45, 7) is 0. The highest BCUT2D eigenvalue weighted by molar-refractivity contribution is 6.28. The first-order valence-electron chi connectivity index (χ1n) is 11.8. The summed E-state index contributed by atoms with van der Waals surface area (Å²) in [5.74, 6) is -1.85. The lowest BCUT2D eigenvalue weighted by Gasteiger charge is -2.20. The van der Waals surface area contributed by atoms with E-state index in [4.69, 9.17) is 0 Å². The second-order valence-electron chi connectivity index (χ2n) is 9.16. The fourth-order valence-electron chi connectivity index (χ4n) is 5.80. The van der Waals surface area contributed by atoms with Crippen LogP contribution in [0.3, 0.4) is 0 Å². The number of nitro groups is 1. The number of non-ortho nitro benzene ring substituents is 1. The molecule has 0 aromatic heterocycles. The Morgan fingerprint density at radius 2 is 1.05 bits per heavy atom. The molecule has 0 spiro atoms. The Bertz CT molecular complexity index is 1820. The fraction of sp³-hybridized carbons (Fsp3) is 0. The van der Waals surface area contributed by atoms with Crippen molar-refractivity contribution in [3.05, 3.63) is 125 Å². The Morgan fingerprint density at radius 1 is 0.541 bits per heavy atom. The number of nitro benzene ring substituents is 1. The van der Waals surface area contributed by atoms with Crippen molar-refractivity contribution in [1.29, 1.82) is 0 Å². The van der Waals surface area contributed by atoms with Gasteiger partial charge in [-0.1, -0.05) is 72.8 Å². The summed E-state index contributed by atoms with van der Waals surface area (Å²) in [5, 5.41) is 14.4. The van der Waals surface area contributed by atoms with Gasteiger partial charge in [0.05, 0.1) is 10.3 Å². The molecular formula is C32H17F2NO2. The van der Waals surface area contributed by atoms with Crippen LogP contribution in [-0.2, 0) is 0 Å². The summed E-state index contributed by atoms with van der Waals surface area (Å²) in [6, 6.07) is 30.6. The summed E-state index contributed by atoms with van der Waals surface area (Å²) < 4.78 is 29.6. The third-order valence-corrected chi connectivity index (χ3v) is 7.23. The van der Waals surface area contributed by atoms with Crippen LogP contribution in [0.15, 0.2) is 103 Å². The van der Waals surface area contributed by atoms with Crippen LogP contribution in [0.4, 0.5) is 14.5 Å². The second kappa shape index (κ2) is 7.80. The molecule has 6 aromatic rings. The van der Waals surface area contributed by atoms with E-state index in [0.717, 1.165) is 49.9 Å². The van der Waals surface area contributed by atoms with Crippen molar-refractivity contribution >= 4 is 27.2 Å². The molecule has 0 radical (unpaired) electrons. The van der Waals surface area contributed by atoms with Crippen molar-refractivity contribution in [2.75, 3.05) is 0 Å². The molecule has 0 fully saturated rings. The van der Waals surface area contributed by atoms with Gasteiger partial charge in [0, 0.05) is 11.5 Å². The zero-order valence-electron chi connectivity index (χ0n) is 19.3. The van der Waals surface area contributed by atoms with E-state index in [2.05, 4.69) is 0 Å².